The Kier molecular flexibility index (Phi) is 4.34. The van der Waals surface area contributed by atoms with Gasteiger partial charge in [-0.25, -0.2) is 4.98 Å². The highest BCUT2D eigenvalue weighted by atomic mass is 16.5. The maximum Gasteiger partial charge on any atom is 0.228 e. The van der Waals surface area contributed by atoms with E-state index in [1.807, 2.05) is 37.8 Å². The monoisotopic (exact) mass is 365 g/mol. The van der Waals surface area contributed by atoms with Crippen molar-refractivity contribution in [3.63, 3.8) is 0 Å². The summed E-state index contributed by atoms with van der Waals surface area (Å²) in [6.45, 7) is 7.55. The average molecular weight is 365 g/mol. The van der Waals surface area contributed by atoms with Crippen LogP contribution in [0.1, 0.15) is 41.1 Å². The molecule has 0 aliphatic carbocycles. The Labute approximate surface area is 158 Å². The number of rotatable bonds is 3. The van der Waals surface area contributed by atoms with Crippen molar-refractivity contribution < 1.29 is 9.32 Å². The highest BCUT2D eigenvalue weighted by molar-refractivity contribution is 5.81. The number of pyridine rings is 1. The Morgan fingerprint density at radius 3 is 2.78 bits per heavy atom. The Balaban J connectivity index is 1.65. The average Bonchev–Trinajstić information content (AvgIpc) is 2.83. The lowest BCUT2D eigenvalue weighted by atomic mass is 9.93. The molecule has 7 heteroatoms. The maximum atomic E-state index is 13.1. The molecular formula is C20H23N5O2. The van der Waals surface area contributed by atoms with Gasteiger partial charge in [-0.15, -0.1) is 0 Å². The number of carbonyl (C=O) groups is 1. The van der Waals surface area contributed by atoms with Crippen LogP contribution in [-0.4, -0.2) is 40.1 Å². The Morgan fingerprint density at radius 2 is 2.07 bits per heavy atom. The van der Waals surface area contributed by atoms with Crippen molar-refractivity contribution in [3.05, 3.63) is 40.4 Å². The lowest BCUT2D eigenvalue weighted by Crippen LogP contribution is -2.47. The van der Waals surface area contributed by atoms with E-state index in [1.165, 1.54) is 0 Å². The van der Waals surface area contributed by atoms with Gasteiger partial charge in [-0.05, 0) is 45.7 Å². The predicted molar refractivity (Wildman–Crippen MR) is 98.9 cm³/mol. The molecule has 7 nitrogen and oxygen atoms in total. The number of anilines is 1. The molecule has 2 bridgehead atoms. The summed E-state index contributed by atoms with van der Waals surface area (Å²) in [4.78, 5) is 21.8. The maximum absolute atomic E-state index is 13.1. The molecule has 0 aromatic carbocycles. The zero-order chi connectivity index (χ0) is 19.1. The van der Waals surface area contributed by atoms with Crippen molar-refractivity contribution in [2.75, 3.05) is 18.0 Å². The number of hydrogen-bond donors (Lipinski definition) is 0. The number of amides is 1. The van der Waals surface area contributed by atoms with E-state index in [-0.39, 0.29) is 17.9 Å². The third-order valence-electron chi connectivity index (χ3n) is 5.74. The van der Waals surface area contributed by atoms with Crippen LogP contribution in [0.2, 0.25) is 0 Å². The Morgan fingerprint density at radius 1 is 1.26 bits per heavy atom. The normalized spacial score (nSPS) is 22.1. The Bertz CT molecular complexity index is 909. The highest BCUT2D eigenvalue weighted by Gasteiger charge is 2.41. The number of nitriles is 1. The summed E-state index contributed by atoms with van der Waals surface area (Å²) in [6.07, 6.45) is 1.84. The van der Waals surface area contributed by atoms with Crippen molar-refractivity contribution in [2.45, 2.75) is 46.2 Å². The largest absolute Gasteiger partial charge is 0.361 e. The molecule has 0 spiro atoms. The molecule has 2 aromatic heterocycles. The van der Waals surface area contributed by atoms with E-state index in [9.17, 15) is 10.1 Å². The van der Waals surface area contributed by atoms with Crippen molar-refractivity contribution in [2.24, 2.45) is 5.92 Å². The number of fused-ring (bicyclic) bond motifs is 4. The van der Waals surface area contributed by atoms with Gasteiger partial charge in [0.1, 0.15) is 17.6 Å². The zero-order valence-corrected chi connectivity index (χ0v) is 15.9. The minimum absolute atomic E-state index is 0.0712. The molecule has 0 N–H and O–H groups in total. The first-order valence-electron chi connectivity index (χ1n) is 9.33. The number of piperidine rings is 1. The lowest BCUT2D eigenvalue weighted by molar-refractivity contribution is -0.140. The molecule has 140 valence electrons. The zero-order valence-electron chi connectivity index (χ0n) is 15.9. The van der Waals surface area contributed by atoms with E-state index in [1.54, 1.807) is 0 Å². The van der Waals surface area contributed by atoms with Crippen LogP contribution < -0.4 is 4.90 Å². The first kappa shape index (κ1) is 17.5. The summed E-state index contributed by atoms with van der Waals surface area (Å²) >= 11 is 0. The van der Waals surface area contributed by atoms with Gasteiger partial charge in [-0.1, -0.05) is 5.16 Å². The number of hydrogen-bond acceptors (Lipinski definition) is 6. The molecule has 5 rings (SSSR count). The summed E-state index contributed by atoms with van der Waals surface area (Å²) < 4.78 is 5.27. The predicted octanol–water partition coefficient (Wildman–Crippen LogP) is 2.49. The minimum atomic E-state index is -0.0712. The van der Waals surface area contributed by atoms with Gasteiger partial charge in [0.05, 0.1) is 23.7 Å². The van der Waals surface area contributed by atoms with Crippen LogP contribution in [0.3, 0.4) is 0 Å². The molecule has 2 atom stereocenters. The van der Waals surface area contributed by atoms with Crippen LogP contribution in [0, 0.1) is 38.0 Å². The standard InChI is InChI=1S/C20H23N5O2/c1-12-4-5-15(8-21)19(22-12)24-9-16-6-7-17(10-24)25(20(16)26)11-18-13(2)23-27-14(18)3/h4-5,16-17H,6-7,9-11H2,1-3H3. The second-order valence-electron chi connectivity index (χ2n) is 7.54. The topological polar surface area (TPSA) is 86.3 Å². The molecule has 5 heterocycles. The summed E-state index contributed by atoms with van der Waals surface area (Å²) in [5.41, 5.74) is 3.27. The van der Waals surface area contributed by atoms with Crippen molar-refractivity contribution in [3.8, 4) is 6.07 Å². The van der Waals surface area contributed by atoms with Crippen LogP contribution in [0.4, 0.5) is 5.82 Å². The smallest absolute Gasteiger partial charge is 0.228 e. The van der Waals surface area contributed by atoms with Gasteiger partial charge in [0.15, 0.2) is 0 Å². The SMILES string of the molecule is Cc1ccc(C#N)c(N2CC3CCC(C2)N(Cc2c(C)noc2C)C3=O)n1. The van der Waals surface area contributed by atoms with Gasteiger partial charge < -0.3 is 14.3 Å². The molecule has 3 aliphatic heterocycles. The van der Waals surface area contributed by atoms with Gasteiger partial charge in [0, 0.05) is 30.4 Å². The van der Waals surface area contributed by atoms with Crippen molar-refractivity contribution >= 4 is 11.7 Å². The van der Waals surface area contributed by atoms with Crippen LogP contribution in [0.15, 0.2) is 16.7 Å². The lowest BCUT2D eigenvalue weighted by Gasteiger charge is -2.35. The van der Waals surface area contributed by atoms with E-state index in [0.29, 0.717) is 31.0 Å². The summed E-state index contributed by atoms with van der Waals surface area (Å²) in [7, 11) is 0. The van der Waals surface area contributed by atoms with Gasteiger partial charge in [-0.3, -0.25) is 4.79 Å². The van der Waals surface area contributed by atoms with Gasteiger partial charge >= 0.3 is 0 Å². The van der Waals surface area contributed by atoms with Crippen LogP contribution >= 0.6 is 0 Å². The van der Waals surface area contributed by atoms with Crippen LogP contribution in [0.25, 0.3) is 0 Å². The second-order valence-corrected chi connectivity index (χ2v) is 7.54. The molecule has 3 fully saturated rings. The van der Waals surface area contributed by atoms with Crippen molar-refractivity contribution in [1.82, 2.24) is 15.0 Å². The second kappa shape index (κ2) is 6.69. The molecule has 2 unspecified atom stereocenters. The van der Waals surface area contributed by atoms with Gasteiger partial charge in [0.2, 0.25) is 5.91 Å². The fourth-order valence-corrected chi connectivity index (χ4v) is 4.19. The molecule has 0 radical (unpaired) electrons. The van der Waals surface area contributed by atoms with E-state index in [4.69, 9.17) is 4.52 Å². The molecule has 1 amide bonds. The number of aromatic nitrogens is 2. The molecule has 3 aliphatic rings. The molecule has 3 saturated heterocycles. The molecular weight excluding hydrogens is 342 g/mol. The van der Waals surface area contributed by atoms with E-state index < -0.39 is 0 Å². The van der Waals surface area contributed by atoms with Crippen LogP contribution in [0.5, 0.6) is 0 Å². The fourth-order valence-electron chi connectivity index (χ4n) is 4.19. The van der Waals surface area contributed by atoms with Crippen molar-refractivity contribution in [1.29, 1.82) is 5.26 Å². The third kappa shape index (κ3) is 3.05. The summed E-state index contributed by atoms with van der Waals surface area (Å²) in [6, 6.07) is 6.00. The first-order chi connectivity index (χ1) is 13.0. The molecule has 2 aromatic rings. The van der Waals surface area contributed by atoms with Crippen LogP contribution in [-0.2, 0) is 11.3 Å². The van der Waals surface area contributed by atoms with Gasteiger partial charge in [-0.2, -0.15) is 5.26 Å². The number of aryl methyl sites for hydroxylation is 3. The van der Waals surface area contributed by atoms with E-state index in [0.717, 1.165) is 35.6 Å². The molecule has 0 saturated carbocycles. The number of carbonyl (C=O) groups excluding carboxylic acids is 1. The number of nitrogens with zero attached hydrogens (tertiary/aromatic N) is 5. The van der Waals surface area contributed by atoms with Gasteiger partial charge in [0.25, 0.3) is 0 Å². The summed E-state index contributed by atoms with van der Waals surface area (Å²) in [5.74, 6) is 1.57. The first-order valence-corrected chi connectivity index (χ1v) is 9.33. The molecule has 27 heavy (non-hydrogen) atoms. The van der Waals surface area contributed by atoms with E-state index >= 15 is 0 Å². The fraction of sp³-hybridized carbons (Fsp3) is 0.500. The quantitative estimate of drug-likeness (QED) is 0.831. The summed E-state index contributed by atoms with van der Waals surface area (Å²) in [5, 5.41) is 13.5. The Hall–Kier alpha value is -2.88. The minimum Gasteiger partial charge on any atom is -0.361 e. The highest BCUT2D eigenvalue weighted by Crippen LogP contribution is 2.33. The third-order valence-corrected chi connectivity index (χ3v) is 5.74. The van der Waals surface area contributed by atoms with E-state index in [2.05, 4.69) is 21.1 Å².